The first-order chi connectivity index (χ1) is 8.69. The predicted octanol–water partition coefficient (Wildman–Crippen LogP) is 2.80. The molecule has 1 aromatic carbocycles. The third-order valence-electron chi connectivity index (χ3n) is 2.18. The van der Waals surface area contributed by atoms with Crippen molar-refractivity contribution in [1.29, 1.82) is 0 Å². The fourth-order valence-corrected chi connectivity index (χ4v) is 1.33. The highest BCUT2D eigenvalue weighted by Crippen LogP contribution is 2.21. The van der Waals surface area contributed by atoms with Gasteiger partial charge in [-0.1, -0.05) is 0 Å². The summed E-state index contributed by atoms with van der Waals surface area (Å²) in [5.41, 5.74) is 0.150. The maximum absolute atomic E-state index is 12.7. The average molecular weight is 247 g/mol. The molecule has 0 saturated carbocycles. The SMILES string of the molecule is COC(=O)c1cc(Oc2ccc(F)cc2)ccn1. The molecule has 0 aliphatic rings. The van der Waals surface area contributed by atoms with E-state index in [0.29, 0.717) is 11.5 Å². The molecular weight excluding hydrogens is 237 g/mol. The van der Waals surface area contributed by atoms with Crippen LogP contribution in [0.2, 0.25) is 0 Å². The summed E-state index contributed by atoms with van der Waals surface area (Å²) < 4.78 is 22.7. The van der Waals surface area contributed by atoms with E-state index < -0.39 is 5.97 Å². The summed E-state index contributed by atoms with van der Waals surface area (Å²) in [5, 5.41) is 0. The van der Waals surface area contributed by atoms with Crippen LogP contribution in [0.3, 0.4) is 0 Å². The van der Waals surface area contributed by atoms with Crippen molar-refractivity contribution in [2.45, 2.75) is 0 Å². The number of methoxy groups -OCH3 is 1. The highest BCUT2D eigenvalue weighted by molar-refractivity contribution is 5.87. The number of aromatic nitrogens is 1. The Kier molecular flexibility index (Phi) is 3.52. The third kappa shape index (κ3) is 2.82. The summed E-state index contributed by atoms with van der Waals surface area (Å²) >= 11 is 0. The summed E-state index contributed by atoms with van der Waals surface area (Å²) in [6.07, 6.45) is 1.44. The van der Waals surface area contributed by atoms with Crippen LogP contribution < -0.4 is 4.74 Å². The largest absolute Gasteiger partial charge is 0.464 e. The van der Waals surface area contributed by atoms with Crippen LogP contribution in [0.1, 0.15) is 10.5 Å². The summed E-state index contributed by atoms with van der Waals surface area (Å²) in [6.45, 7) is 0. The van der Waals surface area contributed by atoms with Gasteiger partial charge in [0.05, 0.1) is 7.11 Å². The van der Waals surface area contributed by atoms with Gasteiger partial charge in [-0.3, -0.25) is 0 Å². The lowest BCUT2D eigenvalue weighted by atomic mass is 10.3. The van der Waals surface area contributed by atoms with Crippen LogP contribution in [-0.4, -0.2) is 18.1 Å². The van der Waals surface area contributed by atoms with Crippen LogP contribution in [-0.2, 0) is 4.74 Å². The van der Waals surface area contributed by atoms with Crippen molar-refractivity contribution in [3.8, 4) is 11.5 Å². The van der Waals surface area contributed by atoms with Crippen LogP contribution in [0.25, 0.3) is 0 Å². The maximum Gasteiger partial charge on any atom is 0.356 e. The van der Waals surface area contributed by atoms with Crippen molar-refractivity contribution in [2.75, 3.05) is 7.11 Å². The van der Waals surface area contributed by atoms with Gasteiger partial charge in [0.2, 0.25) is 0 Å². The summed E-state index contributed by atoms with van der Waals surface area (Å²) in [6, 6.07) is 8.61. The Bertz CT molecular complexity index is 554. The second kappa shape index (κ2) is 5.27. The zero-order chi connectivity index (χ0) is 13.0. The van der Waals surface area contributed by atoms with Crippen molar-refractivity contribution in [1.82, 2.24) is 4.98 Å². The van der Waals surface area contributed by atoms with Gasteiger partial charge in [0.1, 0.15) is 17.3 Å². The standard InChI is InChI=1S/C13H10FNO3/c1-17-13(16)12-8-11(6-7-15-12)18-10-4-2-9(14)3-5-10/h2-8H,1H3. The zero-order valence-corrected chi connectivity index (χ0v) is 9.59. The molecule has 0 amide bonds. The number of esters is 1. The molecule has 1 heterocycles. The van der Waals surface area contributed by atoms with Gasteiger partial charge in [-0.2, -0.15) is 0 Å². The number of rotatable bonds is 3. The second-order valence-corrected chi connectivity index (χ2v) is 3.42. The molecule has 0 aliphatic heterocycles. The molecule has 1 aromatic heterocycles. The molecule has 4 nitrogen and oxygen atoms in total. The Labute approximate surface area is 103 Å². The summed E-state index contributed by atoms with van der Waals surface area (Å²) in [5.74, 6) is 0.0160. The number of benzene rings is 1. The van der Waals surface area contributed by atoms with Crippen LogP contribution in [0.4, 0.5) is 4.39 Å². The summed E-state index contributed by atoms with van der Waals surface area (Å²) in [7, 11) is 1.28. The van der Waals surface area contributed by atoms with Crippen molar-refractivity contribution < 1.29 is 18.7 Å². The lowest BCUT2D eigenvalue weighted by molar-refractivity contribution is 0.0593. The smallest absolute Gasteiger partial charge is 0.356 e. The van der Waals surface area contributed by atoms with Gasteiger partial charge in [-0.15, -0.1) is 0 Å². The minimum absolute atomic E-state index is 0.150. The van der Waals surface area contributed by atoms with Gasteiger partial charge in [0, 0.05) is 12.3 Å². The molecule has 0 bridgehead atoms. The Morgan fingerprint density at radius 3 is 2.56 bits per heavy atom. The summed E-state index contributed by atoms with van der Waals surface area (Å²) in [4.78, 5) is 15.1. The molecule has 18 heavy (non-hydrogen) atoms. The molecule has 92 valence electrons. The topological polar surface area (TPSA) is 48.4 Å². The normalized spacial score (nSPS) is 9.89. The minimum atomic E-state index is -0.542. The van der Waals surface area contributed by atoms with Crippen molar-refractivity contribution >= 4 is 5.97 Å². The molecule has 0 radical (unpaired) electrons. The molecule has 0 fully saturated rings. The van der Waals surface area contributed by atoms with Gasteiger partial charge in [0.15, 0.2) is 5.69 Å². The number of ether oxygens (including phenoxy) is 2. The van der Waals surface area contributed by atoms with Crippen LogP contribution in [0.5, 0.6) is 11.5 Å². The predicted molar refractivity (Wildman–Crippen MR) is 62.1 cm³/mol. The first-order valence-electron chi connectivity index (χ1n) is 5.17. The molecule has 2 rings (SSSR count). The highest BCUT2D eigenvalue weighted by atomic mass is 19.1. The number of halogens is 1. The van der Waals surface area contributed by atoms with E-state index in [2.05, 4.69) is 9.72 Å². The molecule has 0 spiro atoms. The number of hydrogen-bond acceptors (Lipinski definition) is 4. The first-order valence-corrected chi connectivity index (χ1v) is 5.17. The van der Waals surface area contributed by atoms with E-state index in [1.165, 1.54) is 43.6 Å². The van der Waals surface area contributed by atoms with Crippen molar-refractivity contribution in [3.63, 3.8) is 0 Å². The molecule has 0 N–H and O–H groups in total. The van der Waals surface area contributed by atoms with Gasteiger partial charge >= 0.3 is 5.97 Å². The first kappa shape index (κ1) is 12.0. The van der Waals surface area contributed by atoms with E-state index in [1.54, 1.807) is 6.07 Å². The fraction of sp³-hybridized carbons (Fsp3) is 0.0769. The van der Waals surface area contributed by atoms with Crippen LogP contribution in [0.15, 0.2) is 42.6 Å². The fourth-order valence-electron chi connectivity index (χ4n) is 1.33. The van der Waals surface area contributed by atoms with Gasteiger partial charge in [-0.05, 0) is 30.3 Å². The highest BCUT2D eigenvalue weighted by Gasteiger charge is 2.08. The molecule has 0 unspecified atom stereocenters. The van der Waals surface area contributed by atoms with Crippen molar-refractivity contribution in [3.05, 3.63) is 54.1 Å². The molecule has 2 aromatic rings. The number of carbonyl (C=O) groups excluding carboxylic acids is 1. The van der Waals surface area contributed by atoms with Gasteiger partial charge < -0.3 is 9.47 Å². The lowest BCUT2D eigenvalue weighted by Gasteiger charge is -2.06. The number of carbonyl (C=O) groups is 1. The Morgan fingerprint density at radius 2 is 1.89 bits per heavy atom. The Morgan fingerprint density at radius 1 is 1.17 bits per heavy atom. The Hall–Kier alpha value is -2.43. The molecular formula is C13H10FNO3. The quantitative estimate of drug-likeness (QED) is 0.782. The molecule has 0 atom stereocenters. The van der Waals surface area contributed by atoms with E-state index >= 15 is 0 Å². The van der Waals surface area contributed by atoms with Crippen LogP contribution >= 0.6 is 0 Å². The molecule has 0 aliphatic carbocycles. The van der Waals surface area contributed by atoms with E-state index in [1.807, 2.05) is 0 Å². The van der Waals surface area contributed by atoms with E-state index in [4.69, 9.17) is 4.74 Å². The van der Waals surface area contributed by atoms with Crippen molar-refractivity contribution in [2.24, 2.45) is 0 Å². The van der Waals surface area contributed by atoms with Gasteiger partial charge in [0.25, 0.3) is 0 Å². The molecule has 0 saturated heterocycles. The minimum Gasteiger partial charge on any atom is -0.464 e. The molecule has 5 heteroatoms. The zero-order valence-electron chi connectivity index (χ0n) is 9.59. The monoisotopic (exact) mass is 247 g/mol. The number of hydrogen-bond donors (Lipinski definition) is 0. The number of nitrogens with zero attached hydrogens (tertiary/aromatic N) is 1. The van der Waals surface area contributed by atoms with E-state index in [0.717, 1.165) is 0 Å². The van der Waals surface area contributed by atoms with E-state index in [9.17, 15) is 9.18 Å². The second-order valence-electron chi connectivity index (χ2n) is 3.42. The third-order valence-corrected chi connectivity index (χ3v) is 2.18. The number of pyridine rings is 1. The average Bonchev–Trinajstić information content (AvgIpc) is 2.41. The maximum atomic E-state index is 12.7. The van der Waals surface area contributed by atoms with Crippen LogP contribution in [0, 0.1) is 5.82 Å². The van der Waals surface area contributed by atoms with Gasteiger partial charge in [-0.25, -0.2) is 14.2 Å². The van der Waals surface area contributed by atoms with E-state index in [-0.39, 0.29) is 11.5 Å². The lowest BCUT2D eigenvalue weighted by Crippen LogP contribution is -2.03. The Balaban J connectivity index is 2.19.